The molecule has 4 rings (SSSR count). The molecule has 0 aromatic heterocycles. The topological polar surface area (TPSA) is 80.8 Å². The van der Waals surface area contributed by atoms with E-state index in [9.17, 15) is 19.2 Å². The molecule has 148 valence electrons. The Morgan fingerprint density at radius 1 is 1.04 bits per heavy atom. The molecule has 1 saturated heterocycles. The zero-order valence-electron chi connectivity index (χ0n) is 15.1. The van der Waals surface area contributed by atoms with E-state index < -0.39 is 19.1 Å². The average Bonchev–Trinajstić information content (AvgIpc) is 3.27. The highest BCUT2D eigenvalue weighted by molar-refractivity contribution is 9.12. The number of likely N-dealkylation sites (tertiary alicyclic amines) is 1. The molecule has 3 fully saturated rings. The van der Waals surface area contributed by atoms with Crippen LogP contribution in [0.15, 0.2) is 24.3 Å². The molecule has 0 N–H and O–H groups in total. The summed E-state index contributed by atoms with van der Waals surface area (Å²) in [7, 11) is 0. The zero-order chi connectivity index (χ0) is 20.2. The maximum atomic E-state index is 12.8. The number of ketones is 1. The third-order valence-electron chi connectivity index (χ3n) is 6.10. The number of nitrogens with zero attached hydrogens (tertiary/aromatic N) is 1. The van der Waals surface area contributed by atoms with Gasteiger partial charge in [0.1, 0.15) is 6.54 Å². The number of hydrogen-bond donors (Lipinski definition) is 0. The summed E-state index contributed by atoms with van der Waals surface area (Å²) in [5, 5.41) is 0. The van der Waals surface area contributed by atoms with Gasteiger partial charge in [0.2, 0.25) is 11.8 Å². The van der Waals surface area contributed by atoms with E-state index in [2.05, 4.69) is 31.9 Å². The fourth-order valence-corrected chi connectivity index (χ4v) is 6.58. The van der Waals surface area contributed by atoms with Crippen molar-refractivity contribution in [3.63, 3.8) is 0 Å². The molecule has 0 unspecified atom stereocenters. The van der Waals surface area contributed by atoms with Crippen LogP contribution in [0, 0.1) is 30.6 Å². The quantitative estimate of drug-likeness (QED) is 0.262. The first-order valence-corrected chi connectivity index (χ1v) is 11.0. The lowest BCUT2D eigenvalue weighted by Crippen LogP contribution is -2.38. The molecule has 8 heteroatoms. The van der Waals surface area contributed by atoms with Crippen LogP contribution in [0.3, 0.4) is 0 Å². The lowest BCUT2D eigenvalue weighted by molar-refractivity contribution is -0.152. The van der Waals surface area contributed by atoms with Crippen LogP contribution in [0.25, 0.3) is 0 Å². The second-order valence-electron chi connectivity index (χ2n) is 7.72. The number of esters is 1. The largest absolute Gasteiger partial charge is 0.456 e. The normalized spacial score (nSPS) is 33.3. The first kappa shape index (κ1) is 19.8. The van der Waals surface area contributed by atoms with Gasteiger partial charge in [-0.3, -0.25) is 24.1 Å². The van der Waals surface area contributed by atoms with Gasteiger partial charge in [-0.15, -0.1) is 0 Å². The fraction of sp³-hybridized carbons (Fsp3) is 0.500. The Morgan fingerprint density at radius 3 is 2.11 bits per heavy atom. The number of rotatable bonds is 5. The van der Waals surface area contributed by atoms with Crippen molar-refractivity contribution in [3.05, 3.63) is 35.4 Å². The van der Waals surface area contributed by atoms with Crippen LogP contribution in [0.5, 0.6) is 0 Å². The highest BCUT2D eigenvalue weighted by Gasteiger charge is 2.66. The number of hydrogen-bond acceptors (Lipinski definition) is 5. The number of aryl methyl sites for hydroxylation is 1. The number of imide groups is 1. The van der Waals surface area contributed by atoms with E-state index in [4.69, 9.17) is 4.74 Å². The van der Waals surface area contributed by atoms with Crippen molar-refractivity contribution < 1.29 is 23.9 Å². The van der Waals surface area contributed by atoms with Gasteiger partial charge >= 0.3 is 5.97 Å². The van der Waals surface area contributed by atoms with Crippen LogP contribution in [0.2, 0.25) is 0 Å². The van der Waals surface area contributed by atoms with Crippen molar-refractivity contribution >= 4 is 55.4 Å². The number of ether oxygens (including phenoxy) is 1. The summed E-state index contributed by atoms with van der Waals surface area (Å²) in [6.07, 6.45) is 0.835. The van der Waals surface area contributed by atoms with E-state index >= 15 is 0 Å². The average molecular weight is 513 g/mol. The number of carbonyl (C=O) groups is 4. The van der Waals surface area contributed by atoms with Gasteiger partial charge in [0.15, 0.2) is 12.4 Å². The summed E-state index contributed by atoms with van der Waals surface area (Å²) in [5.74, 6) is -2.21. The molecule has 0 spiro atoms. The number of carbonyl (C=O) groups excluding carboxylic acids is 4. The molecule has 28 heavy (non-hydrogen) atoms. The van der Waals surface area contributed by atoms with Gasteiger partial charge in [-0.2, -0.15) is 0 Å². The maximum absolute atomic E-state index is 12.8. The van der Waals surface area contributed by atoms with Crippen molar-refractivity contribution in [2.24, 2.45) is 23.7 Å². The van der Waals surface area contributed by atoms with Crippen LogP contribution in [0.1, 0.15) is 22.3 Å². The standard InChI is InChI=1S/C20H19Br2NO5/c1-9-2-4-10(5-3-9)13(24)8-28-14(25)7-23-19(26)15-11-6-12(16(15)20(23)27)18(22)17(11)21/h2-5,11-12,15-18H,6-8H2,1H3/t11-,12+,15-,16-,17-,18+/m0/s1. The van der Waals surface area contributed by atoms with E-state index in [1.165, 1.54) is 0 Å². The molecule has 0 radical (unpaired) electrons. The predicted octanol–water partition coefficient (Wildman–Crippen LogP) is 2.50. The van der Waals surface area contributed by atoms with Crippen molar-refractivity contribution in [3.8, 4) is 0 Å². The van der Waals surface area contributed by atoms with Crippen molar-refractivity contribution in [2.75, 3.05) is 13.2 Å². The van der Waals surface area contributed by atoms with E-state index in [0.29, 0.717) is 5.56 Å². The Hall–Kier alpha value is -1.54. The first-order chi connectivity index (χ1) is 13.3. The van der Waals surface area contributed by atoms with Crippen molar-refractivity contribution in [2.45, 2.75) is 23.0 Å². The SMILES string of the molecule is Cc1ccc(C(=O)COC(=O)CN2C(=O)[C@H]3[C@@H]4C[C@@H]([C@@H](Br)[C@H]4Br)[C@@H]3C2=O)cc1. The Morgan fingerprint density at radius 2 is 1.57 bits per heavy atom. The van der Waals surface area contributed by atoms with Gasteiger partial charge in [-0.1, -0.05) is 61.7 Å². The van der Waals surface area contributed by atoms with Gasteiger partial charge in [-0.25, -0.2) is 0 Å². The van der Waals surface area contributed by atoms with Gasteiger partial charge in [0.05, 0.1) is 11.8 Å². The molecule has 1 aliphatic heterocycles. The van der Waals surface area contributed by atoms with Gasteiger partial charge in [0, 0.05) is 15.2 Å². The van der Waals surface area contributed by atoms with Crippen LogP contribution in [0.4, 0.5) is 0 Å². The summed E-state index contributed by atoms with van der Waals surface area (Å²) in [6, 6.07) is 6.95. The third-order valence-corrected chi connectivity index (χ3v) is 9.31. The number of benzene rings is 1. The second kappa shape index (κ2) is 7.37. The molecule has 2 amide bonds. The molecular formula is C20H19Br2NO5. The molecule has 2 bridgehead atoms. The van der Waals surface area contributed by atoms with E-state index in [-0.39, 0.29) is 50.9 Å². The Kier molecular flexibility index (Phi) is 5.20. The summed E-state index contributed by atoms with van der Waals surface area (Å²) < 4.78 is 5.03. The van der Waals surface area contributed by atoms with E-state index in [1.807, 2.05) is 6.92 Å². The van der Waals surface area contributed by atoms with Crippen molar-refractivity contribution in [1.29, 1.82) is 0 Å². The Bertz CT molecular complexity index is 823. The van der Waals surface area contributed by atoms with Crippen LogP contribution < -0.4 is 0 Å². The summed E-state index contributed by atoms with van der Waals surface area (Å²) >= 11 is 7.25. The molecule has 6 nitrogen and oxygen atoms in total. The molecule has 2 saturated carbocycles. The lowest BCUT2D eigenvalue weighted by atomic mass is 9.81. The molecule has 3 aliphatic rings. The van der Waals surface area contributed by atoms with E-state index in [1.54, 1.807) is 24.3 Å². The number of fused-ring (bicyclic) bond motifs is 5. The molecule has 1 heterocycles. The fourth-order valence-electron chi connectivity index (χ4n) is 4.71. The minimum absolute atomic E-state index is 0.0972. The van der Waals surface area contributed by atoms with Crippen LogP contribution in [-0.2, 0) is 19.1 Å². The van der Waals surface area contributed by atoms with Crippen LogP contribution in [-0.4, -0.2) is 51.3 Å². The molecule has 1 aromatic carbocycles. The monoisotopic (exact) mass is 511 g/mol. The molecule has 1 aromatic rings. The summed E-state index contributed by atoms with van der Waals surface area (Å²) in [5.41, 5.74) is 1.47. The van der Waals surface area contributed by atoms with Gasteiger partial charge < -0.3 is 4.74 Å². The lowest BCUT2D eigenvalue weighted by Gasteiger charge is -2.28. The third kappa shape index (κ3) is 3.14. The molecule has 6 atom stereocenters. The molecule has 2 aliphatic carbocycles. The number of alkyl halides is 2. The molecular weight excluding hydrogens is 494 g/mol. The first-order valence-electron chi connectivity index (χ1n) is 9.18. The highest BCUT2D eigenvalue weighted by Crippen LogP contribution is 2.60. The number of amides is 2. The Balaban J connectivity index is 1.36. The predicted molar refractivity (Wildman–Crippen MR) is 107 cm³/mol. The van der Waals surface area contributed by atoms with Crippen molar-refractivity contribution in [1.82, 2.24) is 4.90 Å². The summed E-state index contributed by atoms with van der Waals surface area (Å²) in [4.78, 5) is 51.1. The smallest absolute Gasteiger partial charge is 0.326 e. The van der Waals surface area contributed by atoms with Crippen LogP contribution >= 0.6 is 31.9 Å². The minimum Gasteiger partial charge on any atom is -0.456 e. The van der Waals surface area contributed by atoms with Gasteiger partial charge in [-0.05, 0) is 25.2 Å². The van der Waals surface area contributed by atoms with E-state index in [0.717, 1.165) is 16.9 Å². The Labute approximate surface area is 179 Å². The van der Waals surface area contributed by atoms with Gasteiger partial charge in [0.25, 0.3) is 0 Å². The second-order valence-corrected chi connectivity index (χ2v) is 9.83. The number of Topliss-reactive ketones (excluding diaryl/α,β-unsaturated/α-hetero) is 1. The zero-order valence-corrected chi connectivity index (χ0v) is 18.3. The maximum Gasteiger partial charge on any atom is 0.326 e. The number of halogens is 2. The highest BCUT2D eigenvalue weighted by atomic mass is 79.9. The summed E-state index contributed by atoms with van der Waals surface area (Å²) in [6.45, 7) is 1.06. The minimum atomic E-state index is -0.750.